The molecule has 0 saturated carbocycles. The summed E-state index contributed by atoms with van der Waals surface area (Å²) < 4.78 is 0. The standard InChI is InChI=1S/C12H15ClN4O2/c1-8(18)16(2)10-3-4-17(7-10)11(19)9-5-14-12(13)15-6-9/h5-6,10H,3-4,7H2,1-2H3. The van der Waals surface area contributed by atoms with Crippen molar-refractivity contribution in [2.24, 2.45) is 0 Å². The summed E-state index contributed by atoms with van der Waals surface area (Å²) in [5.41, 5.74) is 0.413. The van der Waals surface area contributed by atoms with Crippen LogP contribution < -0.4 is 0 Å². The quantitative estimate of drug-likeness (QED) is 0.754. The third kappa shape index (κ3) is 3.01. The number of carbonyl (C=O) groups is 2. The first kappa shape index (κ1) is 13.7. The summed E-state index contributed by atoms with van der Waals surface area (Å²) in [6.45, 7) is 2.69. The average molecular weight is 283 g/mol. The summed E-state index contributed by atoms with van der Waals surface area (Å²) in [4.78, 5) is 34.5. The molecule has 1 aromatic rings. The van der Waals surface area contributed by atoms with Crippen molar-refractivity contribution < 1.29 is 9.59 Å². The molecule has 0 radical (unpaired) electrons. The second-order valence-corrected chi connectivity index (χ2v) is 4.90. The number of aromatic nitrogens is 2. The maximum atomic E-state index is 12.2. The Hall–Kier alpha value is -1.69. The molecule has 1 aliphatic heterocycles. The van der Waals surface area contributed by atoms with Gasteiger partial charge in [-0.1, -0.05) is 0 Å². The first-order chi connectivity index (χ1) is 8.99. The van der Waals surface area contributed by atoms with E-state index in [1.165, 1.54) is 19.3 Å². The number of nitrogens with zero attached hydrogens (tertiary/aromatic N) is 4. The topological polar surface area (TPSA) is 66.4 Å². The van der Waals surface area contributed by atoms with Crippen LogP contribution in [0.3, 0.4) is 0 Å². The zero-order valence-electron chi connectivity index (χ0n) is 10.8. The smallest absolute Gasteiger partial charge is 0.257 e. The molecule has 0 N–H and O–H groups in total. The normalized spacial score (nSPS) is 18.5. The van der Waals surface area contributed by atoms with Gasteiger partial charge in [0.25, 0.3) is 5.91 Å². The highest BCUT2D eigenvalue weighted by Gasteiger charge is 2.30. The van der Waals surface area contributed by atoms with Crippen LogP contribution in [0.15, 0.2) is 12.4 Å². The number of carbonyl (C=O) groups excluding carboxylic acids is 2. The van der Waals surface area contributed by atoms with Crippen LogP contribution >= 0.6 is 11.6 Å². The maximum Gasteiger partial charge on any atom is 0.257 e. The number of hydrogen-bond acceptors (Lipinski definition) is 4. The Morgan fingerprint density at radius 1 is 1.42 bits per heavy atom. The van der Waals surface area contributed by atoms with Crippen molar-refractivity contribution in [3.8, 4) is 0 Å². The molecular formula is C12H15ClN4O2. The van der Waals surface area contributed by atoms with Crippen molar-refractivity contribution in [1.82, 2.24) is 19.8 Å². The van der Waals surface area contributed by atoms with Crippen LogP contribution in [0.2, 0.25) is 5.28 Å². The second kappa shape index (κ2) is 5.52. The monoisotopic (exact) mass is 282 g/mol. The molecule has 1 fully saturated rings. The molecular weight excluding hydrogens is 268 g/mol. The van der Waals surface area contributed by atoms with Gasteiger partial charge in [-0.2, -0.15) is 0 Å². The molecule has 0 spiro atoms. The lowest BCUT2D eigenvalue weighted by Crippen LogP contribution is -2.38. The number of rotatable bonds is 2. The van der Waals surface area contributed by atoms with Gasteiger partial charge in [0.1, 0.15) is 0 Å². The molecule has 6 nitrogen and oxygen atoms in total. The predicted molar refractivity (Wildman–Crippen MR) is 69.8 cm³/mol. The van der Waals surface area contributed by atoms with E-state index in [1.54, 1.807) is 16.8 Å². The van der Waals surface area contributed by atoms with Crippen LogP contribution in [0.5, 0.6) is 0 Å². The highest BCUT2D eigenvalue weighted by molar-refractivity contribution is 6.28. The molecule has 2 rings (SSSR count). The van der Waals surface area contributed by atoms with E-state index in [1.807, 2.05) is 0 Å². The van der Waals surface area contributed by atoms with Gasteiger partial charge in [0.15, 0.2) is 0 Å². The third-order valence-electron chi connectivity index (χ3n) is 3.36. The van der Waals surface area contributed by atoms with Crippen molar-refractivity contribution >= 4 is 23.4 Å². The SMILES string of the molecule is CC(=O)N(C)C1CCN(C(=O)c2cnc(Cl)nc2)C1. The fourth-order valence-corrected chi connectivity index (χ4v) is 2.20. The molecule has 102 valence electrons. The molecule has 7 heteroatoms. The summed E-state index contributed by atoms with van der Waals surface area (Å²) in [5.74, 6) is -0.120. The zero-order chi connectivity index (χ0) is 14.0. The van der Waals surface area contributed by atoms with Crippen molar-refractivity contribution in [3.05, 3.63) is 23.2 Å². The van der Waals surface area contributed by atoms with E-state index in [0.29, 0.717) is 18.7 Å². The molecule has 1 atom stereocenters. The van der Waals surface area contributed by atoms with Gasteiger partial charge in [-0.3, -0.25) is 9.59 Å². The van der Waals surface area contributed by atoms with Gasteiger partial charge in [0.05, 0.1) is 11.6 Å². The minimum atomic E-state index is -0.129. The number of likely N-dealkylation sites (N-methyl/N-ethyl adjacent to an activating group) is 1. The van der Waals surface area contributed by atoms with Gasteiger partial charge in [-0.15, -0.1) is 0 Å². The van der Waals surface area contributed by atoms with E-state index >= 15 is 0 Å². The molecule has 0 bridgehead atoms. The minimum Gasteiger partial charge on any atom is -0.341 e. The van der Waals surface area contributed by atoms with E-state index in [4.69, 9.17) is 11.6 Å². The molecule has 1 aromatic heterocycles. The van der Waals surface area contributed by atoms with Crippen LogP contribution in [-0.4, -0.2) is 57.8 Å². The Bertz CT molecular complexity index is 491. The number of amides is 2. The summed E-state index contributed by atoms with van der Waals surface area (Å²) in [5, 5.41) is 0.118. The van der Waals surface area contributed by atoms with Gasteiger partial charge >= 0.3 is 0 Å². The largest absolute Gasteiger partial charge is 0.341 e. The lowest BCUT2D eigenvalue weighted by molar-refractivity contribution is -0.129. The van der Waals surface area contributed by atoms with E-state index in [0.717, 1.165) is 6.42 Å². The van der Waals surface area contributed by atoms with E-state index in [-0.39, 0.29) is 23.1 Å². The first-order valence-electron chi connectivity index (χ1n) is 5.99. The Kier molecular flexibility index (Phi) is 3.99. The van der Waals surface area contributed by atoms with Crippen molar-refractivity contribution in [3.63, 3.8) is 0 Å². The maximum absolute atomic E-state index is 12.2. The van der Waals surface area contributed by atoms with Crippen molar-refractivity contribution in [1.29, 1.82) is 0 Å². The van der Waals surface area contributed by atoms with Crippen LogP contribution in [0.1, 0.15) is 23.7 Å². The first-order valence-corrected chi connectivity index (χ1v) is 6.37. The Balaban J connectivity index is 2.02. The summed E-state index contributed by atoms with van der Waals surface area (Å²) in [6.07, 6.45) is 3.62. The Labute approximate surface area is 116 Å². The van der Waals surface area contributed by atoms with Gasteiger partial charge < -0.3 is 9.80 Å². The van der Waals surface area contributed by atoms with Gasteiger partial charge in [0.2, 0.25) is 11.2 Å². The molecule has 1 aliphatic rings. The van der Waals surface area contributed by atoms with Gasteiger partial charge in [-0.05, 0) is 18.0 Å². The minimum absolute atomic E-state index is 0.00845. The average Bonchev–Trinajstić information content (AvgIpc) is 2.87. The highest BCUT2D eigenvalue weighted by atomic mass is 35.5. The number of likely N-dealkylation sites (tertiary alicyclic amines) is 1. The van der Waals surface area contributed by atoms with Gasteiger partial charge in [-0.25, -0.2) is 9.97 Å². The summed E-state index contributed by atoms with van der Waals surface area (Å²) in [7, 11) is 1.76. The summed E-state index contributed by atoms with van der Waals surface area (Å²) >= 11 is 5.58. The van der Waals surface area contributed by atoms with Crippen LogP contribution in [0.25, 0.3) is 0 Å². The van der Waals surface area contributed by atoms with Crippen molar-refractivity contribution in [2.75, 3.05) is 20.1 Å². The lowest BCUT2D eigenvalue weighted by atomic mass is 10.2. The molecule has 1 unspecified atom stereocenters. The summed E-state index contributed by atoms with van der Waals surface area (Å²) in [6, 6.07) is 0.0784. The fraction of sp³-hybridized carbons (Fsp3) is 0.500. The predicted octanol–water partition coefficient (Wildman–Crippen LogP) is 0.823. The molecule has 19 heavy (non-hydrogen) atoms. The molecule has 2 amide bonds. The van der Waals surface area contributed by atoms with E-state index < -0.39 is 0 Å². The van der Waals surface area contributed by atoms with Gasteiger partial charge in [0, 0.05) is 39.5 Å². The lowest BCUT2D eigenvalue weighted by Gasteiger charge is -2.23. The molecule has 0 aromatic carbocycles. The van der Waals surface area contributed by atoms with E-state index in [9.17, 15) is 9.59 Å². The van der Waals surface area contributed by atoms with E-state index in [2.05, 4.69) is 9.97 Å². The van der Waals surface area contributed by atoms with Crippen LogP contribution in [0.4, 0.5) is 0 Å². The third-order valence-corrected chi connectivity index (χ3v) is 3.56. The second-order valence-electron chi connectivity index (χ2n) is 4.56. The molecule has 1 saturated heterocycles. The van der Waals surface area contributed by atoms with Crippen molar-refractivity contribution in [2.45, 2.75) is 19.4 Å². The number of halogens is 1. The zero-order valence-corrected chi connectivity index (χ0v) is 11.6. The van der Waals surface area contributed by atoms with Crippen LogP contribution in [0, 0.1) is 0 Å². The Morgan fingerprint density at radius 3 is 2.63 bits per heavy atom. The highest BCUT2D eigenvalue weighted by Crippen LogP contribution is 2.17. The molecule has 2 heterocycles. The Morgan fingerprint density at radius 2 is 2.05 bits per heavy atom. The fourth-order valence-electron chi connectivity index (χ4n) is 2.10. The molecule has 0 aliphatic carbocycles. The number of hydrogen-bond donors (Lipinski definition) is 0. The van der Waals surface area contributed by atoms with Crippen LogP contribution in [-0.2, 0) is 4.79 Å².